The van der Waals surface area contributed by atoms with E-state index < -0.39 is 36.0 Å². The first kappa shape index (κ1) is 35.9. The molecule has 2 aromatic carbocycles. The lowest BCUT2D eigenvalue weighted by Crippen LogP contribution is -2.52. The van der Waals surface area contributed by atoms with E-state index in [1.807, 2.05) is 37.3 Å². The standard InChI is InChI=1S/C31H36N4O6.C2HF3O2/c1-20-16-22(25-8-4-5-9-28(25)32-20)19-40-24-12-10-23(11-13-24)33-29(36)26-14-15-35(17-27(26)30(37)34-39)31(38)41-18-21-6-2-3-7-21;3-2(4,5)1(6)7/h4-5,8-13,16,21,26-27,39H,2-3,6-7,14-15,17-19H2,1H3,(H,33,36)(H,34,37);(H,6,7)/t26-,27-;/m0./s1. The zero-order valence-electron chi connectivity index (χ0n) is 26.2. The van der Waals surface area contributed by atoms with Crippen molar-refractivity contribution in [3.63, 3.8) is 0 Å². The summed E-state index contributed by atoms with van der Waals surface area (Å²) in [5.74, 6) is -4.42. The number of benzene rings is 2. The minimum Gasteiger partial charge on any atom is -0.489 e. The molecule has 2 atom stereocenters. The number of para-hydroxylation sites is 1. The fourth-order valence-corrected chi connectivity index (χ4v) is 5.78. The Morgan fingerprint density at radius 1 is 0.979 bits per heavy atom. The van der Waals surface area contributed by atoms with Crippen LogP contribution in [0.15, 0.2) is 54.6 Å². The number of rotatable bonds is 8. The fraction of sp³-hybridized carbons (Fsp3) is 0.424. The van der Waals surface area contributed by atoms with E-state index in [2.05, 4.69) is 10.3 Å². The van der Waals surface area contributed by atoms with E-state index in [1.165, 1.54) is 4.90 Å². The van der Waals surface area contributed by atoms with Crippen LogP contribution in [0, 0.1) is 24.7 Å². The number of hydroxylamine groups is 1. The topological polar surface area (TPSA) is 167 Å². The Hall–Kier alpha value is -4.92. The number of fused-ring (bicyclic) bond motifs is 1. The van der Waals surface area contributed by atoms with Crippen molar-refractivity contribution in [3.05, 3.63) is 65.9 Å². The maximum absolute atomic E-state index is 13.2. The molecule has 3 amide bonds. The first-order valence-electron chi connectivity index (χ1n) is 15.4. The van der Waals surface area contributed by atoms with Gasteiger partial charge in [0.05, 0.1) is 24.0 Å². The summed E-state index contributed by atoms with van der Waals surface area (Å²) in [5, 5.41) is 20.3. The molecule has 1 saturated heterocycles. The quantitative estimate of drug-likeness (QED) is 0.179. The van der Waals surface area contributed by atoms with Gasteiger partial charge >= 0.3 is 18.2 Å². The van der Waals surface area contributed by atoms with E-state index in [0.29, 0.717) is 30.6 Å². The SMILES string of the molecule is Cc1cc(COc2ccc(NC(=O)[C@H]3CCN(C(=O)OCC4CCCC4)C[C@@H]3C(=O)NO)cc2)c2ccccc2n1.O=C(O)C(F)(F)F. The number of carbonyl (C=O) groups excluding carboxylic acids is 3. The normalized spacial score (nSPS) is 18.0. The molecule has 0 spiro atoms. The van der Waals surface area contributed by atoms with Crippen molar-refractivity contribution in [2.24, 2.45) is 17.8 Å². The second-order valence-corrected chi connectivity index (χ2v) is 11.7. The molecule has 2 aliphatic rings. The molecule has 4 N–H and O–H groups in total. The van der Waals surface area contributed by atoms with E-state index in [9.17, 15) is 32.8 Å². The number of hydrogen-bond donors (Lipinski definition) is 4. The number of pyridine rings is 1. The van der Waals surface area contributed by atoms with Gasteiger partial charge < -0.3 is 24.8 Å². The predicted octanol–water partition coefficient (Wildman–Crippen LogP) is 5.46. The number of carboxylic acid groups (broad SMARTS) is 1. The predicted molar refractivity (Wildman–Crippen MR) is 166 cm³/mol. The monoisotopic (exact) mass is 674 g/mol. The summed E-state index contributed by atoms with van der Waals surface area (Å²) in [6.07, 6.45) is -0.889. The molecule has 0 bridgehead atoms. The number of nitrogens with one attached hydrogen (secondary N) is 2. The Kier molecular flexibility index (Phi) is 12.2. The van der Waals surface area contributed by atoms with Crippen molar-refractivity contribution in [2.45, 2.75) is 51.8 Å². The average molecular weight is 675 g/mol. The molecular formula is C33H37F3N4O8. The smallest absolute Gasteiger partial charge is 0.489 e. The maximum Gasteiger partial charge on any atom is 0.490 e. The van der Waals surface area contributed by atoms with Gasteiger partial charge in [0, 0.05) is 35.4 Å². The summed E-state index contributed by atoms with van der Waals surface area (Å²) in [6.45, 7) is 2.97. The van der Waals surface area contributed by atoms with E-state index in [-0.39, 0.29) is 25.4 Å². The number of alkyl halides is 3. The van der Waals surface area contributed by atoms with Gasteiger partial charge in [0.15, 0.2) is 0 Å². The number of anilines is 1. The highest BCUT2D eigenvalue weighted by Gasteiger charge is 2.41. The van der Waals surface area contributed by atoms with Crippen LogP contribution in [-0.4, -0.2) is 69.9 Å². The highest BCUT2D eigenvalue weighted by molar-refractivity contribution is 5.96. The molecule has 2 fully saturated rings. The Balaban J connectivity index is 0.000000671. The van der Waals surface area contributed by atoms with Gasteiger partial charge in [-0.3, -0.25) is 19.8 Å². The number of aryl methyl sites for hydroxylation is 1. The minimum absolute atomic E-state index is 0.01000. The summed E-state index contributed by atoms with van der Waals surface area (Å²) >= 11 is 0. The number of carbonyl (C=O) groups is 4. The number of aromatic nitrogens is 1. The van der Waals surface area contributed by atoms with Crippen molar-refractivity contribution in [1.29, 1.82) is 0 Å². The van der Waals surface area contributed by atoms with E-state index >= 15 is 0 Å². The molecule has 2 heterocycles. The zero-order valence-corrected chi connectivity index (χ0v) is 26.2. The Morgan fingerprint density at radius 3 is 2.29 bits per heavy atom. The first-order valence-corrected chi connectivity index (χ1v) is 15.4. The van der Waals surface area contributed by atoms with Crippen LogP contribution in [0.1, 0.15) is 43.4 Å². The van der Waals surface area contributed by atoms with E-state index in [1.54, 1.807) is 29.7 Å². The van der Waals surface area contributed by atoms with Gasteiger partial charge in [-0.25, -0.2) is 15.1 Å². The van der Waals surface area contributed by atoms with Gasteiger partial charge in [-0.1, -0.05) is 31.0 Å². The van der Waals surface area contributed by atoms with Gasteiger partial charge in [-0.15, -0.1) is 0 Å². The van der Waals surface area contributed by atoms with Gasteiger partial charge in [0.25, 0.3) is 0 Å². The number of amides is 3. The Labute approximate surface area is 274 Å². The third-order valence-corrected chi connectivity index (χ3v) is 8.26. The van der Waals surface area contributed by atoms with Gasteiger partial charge in [0.2, 0.25) is 11.8 Å². The van der Waals surface area contributed by atoms with Crippen molar-refractivity contribution in [3.8, 4) is 5.75 Å². The summed E-state index contributed by atoms with van der Waals surface area (Å²) < 4.78 is 43.2. The fourth-order valence-electron chi connectivity index (χ4n) is 5.78. The van der Waals surface area contributed by atoms with E-state index in [4.69, 9.17) is 19.4 Å². The molecule has 0 radical (unpaired) electrons. The molecule has 258 valence electrons. The number of hydrogen-bond acceptors (Lipinski definition) is 8. The van der Waals surface area contributed by atoms with Crippen LogP contribution in [0.5, 0.6) is 5.75 Å². The van der Waals surface area contributed by atoms with Crippen LogP contribution in [0.4, 0.5) is 23.7 Å². The van der Waals surface area contributed by atoms with Crippen LogP contribution >= 0.6 is 0 Å². The number of aliphatic carboxylic acids is 1. The van der Waals surface area contributed by atoms with Crippen LogP contribution in [-0.2, 0) is 25.7 Å². The molecule has 48 heavy (non-hydrogen) atoms. The average Bonchev–Trinajstić information content (AvgIpc) is 3.59. The van der Waals surface area contributed by atoms with E-state index in [0.717, 1.165) is 47.8 Å². The molecule has 1 aliphatic heterocycles. The lowest BCUT2D eigenvalue weighted by atomic mass is 9.84. The summed E-state index contributed by atoms with van der Waals surface area (Å²) in [7, 11) is 0. The Morgan fingerprint density at radius 2 is 1.65 bits per heavy atom. The van der Waals surface area contributed by atoms with Crippen LogP contribution in [0.25, 0.3) is 10.9 Å². The highest BCUT2D eigenvalue weighted by Crippen LogP contribution is 2.29. The minimum atomic E-state index is -5.08. The van der Waals surface area contributed by atoms with Crippen molar-refractivity contribution < 1.29 is 52.1 Å². The number of halogens is 3. The molecule has 0 unspecified atom stereocenters. The van der Waals surface area contributed by atoms with Crippen LogP contribution in [0.3, 0.4) is 0 Å². The lowest BCUT2D eigenvalue weighted by Gasteiger charge is -2.36. The summed E-state index contributed by atoms with van der Waals surface area (Å²) in [6, 6.07) is 17.0. The summed E-state index contributed by atoms with van der Waals surface area (Å²) in [5.41, 5.74) is 5.07. The second kappa shape index (κ2) is 16.3. The molecule has 3 aromatic rings. The number of ether oxygens (including phenoxy) is 2. The zero-order chi connectivity index (χ0) is 34.8. The molecule has 15 heteroatoms. The van der Waals surface area contributed by atoms with Gasteiger partial charge in [-0.2, -0.15) is 13.2 Å². The molecule has 12 nitrogen and oxygen atoms in total. The molecule has 1 saturated carbocycles. The maximum atomic E-state index is 13.2. The first-order chi connectivity index (χ1) is 22.8. The van der Waals surface area contributed by atoms with Crippen molar-refractivity contribution in [2.75, 3.05) is 25.0 Å². The van der Waals surface area contributed by atoms with Gasteiger partial charge in [0.1, 0.15) is 12.4 Å². The Bertz CT molecular complexity index is 1600. The number of carboxylic acids is 1. The lowest BCUT2D eigenvalue weighted by molar-refractivity contribution is -0.192. The third kappa shape index (κ3) is 9.80. The third-order valence-electron chi connectivity index (χ3n) is 8.26. The number of likely N-dealkylation sites (tertiary alicyclic amines) is 1. The number of piperidine rings is 1. The van der Waals surface area contributed by atoms with Crippen LogP contribution < -0.4 is 15.5 Å². The van der Waals surface area contributed by atoms with Gasteiger partial charge in [-0.05, 0) is 68.5 Å². The largest absolute Gasteiger partial charge is 0.490 e. The molecule has 1 aliphatic carbocycles. The summed E-state index contributed by atoms with van der Waals surface area (Å²) in [4.78, 5) is 53.2. The van der Waals surface area contributed by atoms with Crippen LogP contribution in [0.2, 0.25) is 0 Å². The molecule has 1 aromatic heterocycles. The number of nitrogens with zero attached hydrogens (tertiary/aromatic N) is 2. The molecule has 5 rings (SSSR count). The molecular weight excluding hydrogens is 637 g/mol. The van der Waals surface area contributed by atoms with Crippen molar-refractivity contribution >= 4 is 40.5 Å². The second-order valence-electron chi connectivity index (χ2n) is 11.7. The van der Waals surface area contributed by atoms with Crippen molar-refractivity contribution in [1.82, 2.24) is 15.4 Å². The highest BCUT2D eigenvalue weighted by atomic mass is 19.4.